The van der Waals surface area contributed by atoms with E-state index in [-0.39, 0.29) is 41.7 Å². The molecule has 2 aromatic rings. The number of carbonyl (C=O) groups excluding carboxylic acids is 2. The number of phenolic OH excluding ortho intramolecular Hbond substituents is 1. The smallest absolute Gasteiger partial charge is 0.341 e. The number of methoxy groups -OCH3 is 1. The predicted octanol–water partition coefficient (Wildman–Crippen LogP) is 3.90. The molecule has 2 unspecified atom stereocenters. The monoisotopic (exact) mass is 390 g/mol. The van der Waals surface area contributed by atoms with E-state index in [2.05, 4.69) is 5.32 Å². The average molecular weight is 391 g/mol. The van der Waals surface area contributed by atoms with Crippen LogP contribution in [-0.4, -0.2) is 30.1 Å². The lowest BCUT2D eigenvalue weighted by Crippen LogP contribution is -2.43. The Morgan fingerprint density at radius 2 is 1.93 bits per heavy atom. The van der Waals surface area contributed by atoms with E-state index in [0.29, 0.717) is 5.69 Å². The van der Waals surface area contributed by atoms with Gasteiger partial charge in [0.25, 0.3) is 0 Å². The van der Waals surface area contributed by atoms with Gasteiger partial charge in [0.2, 0.25) is 5.91 Å². The molecule has 144 valence electrons. The highest BCUT2D eigenvalue weighted by Gasteiger charge is 2.32. The van der Waals surface area contributed by atoms with Gasteiger partial charge in [0, 0.05) is 24.3 Å². The standard InChI is InChI=1S/C20H22N2O4.ClH/c1-12-10-17(15-6-4-5-7-18(15)22(12)13(2)23)21-14-8-9-19(24)16(11-14)20(25)26-3;/h4-9,11-12,17,21,24H,10H2,1-3H3;1H. The maximum absolute atomic E-state index is 12.1. The molecule has 2 N–H and O–H groups in total. The van der Waals surface area contributed by atoms with Gasteiger partial charge >= 0.3 is 5.97 Å². The molecule has 6 nitrogen and oxygen atoms in total. The van der Waals surface area contributed by atoms with Crippen LogP contribution in [0.4, 0.5) is 11.4 Å². The predicted molar refractivity (Wildman–Crippen MR) is 107 cm³/mol. The number of nitrogens with zero attached hydrogens (tertiary/aromatic N) is 1. The van der Waals surface area contributed by atoms with Gasteiger partial charge in [-0.05, 0) is 43.2 Å². The third-order valence-corrected chi connectivity index (χ3v) is 4.67. The maximum Gasteiger partial charge on any atom is 0.341 e. The molecule has 1 aliphatic heterocycles. The fourth-order valence-corrected chi connectivity index (χ4v) is 3.53. The molecule has 27 heavy (non-hydrogen) atoms. The molecule has 0 aliphatic carbocycles. The van der Waals surface area contributed by atoms with Crippen LogP contribution in [0, 0.1) is 0 Å². The van der Waals surface area contributed by atoms with Crippen LogP contribution in [0.15, 0.2) is 42.5 Å². The summed E-state index contributed by atoms with van der Waals surface area (Å²) in [7, 11) is 1.28. The minimum absolute atomic E-state index is 0. The number of halogens is 1. The number of hydrogen-bond donors (Lipinski definition) is 2. The molecule has 7 heteroatoms. The van der Waals surface area contributed by atoms with Crippen LogP contribution in [0.1, 0.15) is 42.2 Å². The normalized spacial score (nSPS) is 18.1. The second-order valence-corrected chi connectivity index (χ2v) is 6.45. The zero-order chi connectivity index (χ0) is 18.8. The number of aromatic hydroxyl groups is 1. The summed E-state index contributed by atoms with van der Waals surface area (Å²) < 4.78 is 4.70. The van der Waals surface area contributed by atoms with Crippen molar-refractivity contribution in [2.24, 2.45) is 0 Å². The number of rotatable bonds is 3. The van der Waals surface area contributed by atoms with Crippen molar-refractivity contribution in [3.05, 3.63) is 53.6 Å². The van der Waals surface area contributed by atoms with Gasteiger partial charge in [0.05, 0.1) is 13.2 Å². The molecule has 0 fully saturated rings. The lowest BCUT2D eigenvalue weighted by atomic mass is 9.91. The highest BCUT2D eigenvalue weighted by atomic mass is 35.5. The number of nitrogens with one attached hydrogen (secondary N) is 1. The fourth-order valence-electron chi connectivity index (χ4n) is 3.53. The number of phenols is 1. The quantitative estimate of drug-likeness (QED) is 0.613. The van der Waals surface area contributed by atoms with Gasteiger partial charge in [0.15, 0.2) is 0 Å². The molecule has 0 bridgehead atoms. The number of fused-ring (bicyclic) bond motifs is 1. The molecule has 0 saturated heterocycles. The number of benzene rings is 2. The Morgan fingerprint density at radius 1 is 1.22 bits per heavy atom. The molecular weight excluding hydrogens is 368 g/mol. The van der Waals surface area contributed by atoms with Crippen molar-refractivity contribution in [2.45, 2.75) is 32.4 Å². The Hall–Kier alpha value is -2.73. The van der Waals surface area contributed by atoms with Crippen molar-refractivity contribution in [3.63, 3.8) is 0 Å². The summed E-state index contributed by atoms with van der Waals surface area (Å²) >= 11 is 0. The van der Waals surface area contributed by atoms with Crippen LogP contribution >= 0.6 is 12.4 Å². The van der Waals surface area contributed by atoms with Crippen LogP contribution < -0.4 is 10.2 Å². The molecule has 0 aromatic heterocycles. The molecule has 0 spiro atoms. The Morgan fingerprint density at radius 3 is 2.59 bits per heavy atom. The van der Waals surface area contributed by atoms with E-state index in [9.17, 15) is 14.7 Å². The number of hydrogen-bond acceptors (Lipinski definition) is 5. The van der Waals surface area contributed by atoms with Crippen molar-refractivity contribution < 1.29 is 19.4 Å². The Bertz CT molecular complexity index is 856. The van der Waals surface area contributed by atoms with E-state index in [0.717, 1.165) is 17.7 Å². The highest BCUT2D eigenvalue weighted by Crippen LogP contribution is 2.39. The first-order valence-electron chi connectivity index (χ1n) is 8.49. The van der Waals surface area contributed by atoms with E-state index in [4.69, 9.17) is 4.74 Å². The first kappa shape index (κ1) is 20.6. The van der Waals surface area contributed by atoms with Gasteiger partial charge in [-0.3, -0.25) is 4.79 Å². The van der Waals surface area contributed by atoms with Crippen molar-refractivity contribution >= 4 is 35.7 Å². The van der Waals surface area contributed by atoms with E-state index in [1.165, 1.54) is 13.2 Å². The zero-order valence-electron chi connectivity index (χ0n) is 15.4. The number of amides is 1. The molecule has 1 aliphatic rings. The van der Waals surface area contributed by atoms with Crippen LogP contribution in [0.2, 0.25) is 0 Å². The van der Waals surface area contributed by atoms with Gasteiger partial charge in [-0.2, -0.15) is 0 Å². The topological polar surface area (TPSA) is 78.9 Å². The van der Waals surface area contributed by atoms with E-state index >= 15 is 0 Å². The van der Waals surface area contributed by atoms with Crippen LogP contribution in [0.5, 0.6) is 5.75 Å². The number of esters is 1. The summed E-state index contributed by atoms with van der Waals surface area (Å²) in [6.45, 7) is 3.59. The molecule has 2 aromatic carbocycles. The highest BCUT2D eigenvalue weighted by molar-refractivity contribution is 5.94. The molecule has 1 amide bonds. The van der Waals surface area contributed by atoms with E-state index in [1.807, 2.05) is 36.1 Å². The minimum Gasteiger partial charge on any atom is -0.507 e. The first-order chi connectivity index (χ1) is 12.4. The molecule has 3 rings (SSSR count). The van der Waals surface area contributed by atoms with E-state index < -0.39 is 5.97 Å². The maximum atomic E-state index is 12.1. The first-order valence-corrected chi connectivity index (χ1v) is 8.49. The third kappa shape index (κ3) is 4.01. The molecule has 0 radical (unpaired) electrons. The van der Waals surface area contributed by atoms with Gasteiger partial charge in [0.1, 0.15) is 11.3 Å². The Kier molecular flexibility index (Phi) is 6.33. The summed E-state index contributed by atoms with van der Waals surface area (Å²) in [6, 6.07) is 12.6. The Balaban J connectivity index is 0.00000261. The zero-order valence-corrected chi connectivity index (χ0v) is 16.2. The Labute approximate surface area is 164 Å². The van der Waals surface area contributed by atoms with Crippen molar-refractivity contribution in [1.82, 2.24) is 0 Å². The van der Waals surface area contributed by atoms with Crippen molar-refractivity contribution in [3.8, 4) is 5.75 Å². The van der Waals surface area contributed by atoms with Crippen LogP contribution in [0.3, 0.4) is 0 Å². The largest absolute Gasteiger partial charge is 0.507 e. The summed E-state index contributed by atoms with van der Waals surface area (Å²) in [5, 5.41) is 13.3. The third-order valence-electron chi connectivity index (χ3n) is 4.67. The number of carbonyl (C=O) groups is 2. The van der Waals surface area contributed by atoms with Gasteiger partial charge in [-0.1, -0.05) is 18.2 Å². The van der Waals surface area contributed by atoms with Gasteiger partial charge in [-0.25, -0.2) is 4.79 Å². The molecular formula is C20H23ClN2O4. The van der Waals surface area contributed by atoms with Crippen molar-refractivity contribution in [2.75, 3.05) is 17.3 Å². The lowest BCUT2D eigenvalue weighted by molar-refractivity contribution is -0.117. The summed E-state index contributed by atoms with van der Waals surface area (Å²) in [4.78, 5) is 25.7. The number of anilines is 2. The van der Waals surface area contributed by atoms with Crippen molar-refractivity contribution in [1.29, 1.82) is 0 Å². The van der Waals surface area contributed by atoms with Gasteiger partial charge < -0.3 is 20.1 Å². The fraction of sp³-hybridized carbons (Fsp3) is 0.300. The molecule has 2 atom stereocenters. The second-order valence-electron chi connectivity index (χ2n) is 6.45. The van der Waals surface area contributed by atoms with Crippen LogP contribution in [-0.2, 0) is 9.53 Å². The van der Waals surface area contributed by atoms with E-state index in [1.54, 1.807) is 19.1 Å². The average Bonchev–Trinajstić information content (AvgIpc) is 2.62. The number of ether oxygens (including phenoxy) is 1. The lowest BCUT2D eigenvalue weighted by Gasteiger charge is -2.39. The molecule has 0 saturated carbocycles. The minimum atomic E-state index is -0.591. The number of para-hydroxylation sites is 1. The SMILES string of the molecule is COC(=O)c1cc(NC2CC(C)N(C(C)=O)c3ccccc32)ccc1O.Cl. The molecule has 1 heterocycles. The summed E-state index contributed by atoms with van der Waals surface area (Å²) in [6.07, 6.45) is 0.727. The summed E-state index contributed by atoms with van der Waals surface area (Å²) in [5.74, 6) is -0.699. The summed E-state index contributed by atoms with van der Waals surface area (Å²) in [5.41, 5.74) is 2.73. The van der Waals surface area contributed by atoms with Gasteiger partial charge in [-0.15, -0.1) is 12.4 Å². The second kappa shape index (κ2) is 8.31. The van der Waals surface area contributed by atoms with Crippen LogP contribution in [0.25, 0.3) is 0 Å².